The number of rotatable bonds is 3. The first-order valence-corrected chi connectivity index (χ1v) is 11.8. The van der Waals surface area contributed by atoms with Crippen molar-refractivity contribution in [1.82, 2.24) is 9.88 Å². The summed E-state index contributed by atoms with van der Waals surface area (Å²) in [5.41, 5.74) is 4.21. The van der Waals surface area contributed by atoms with Gasteiger partial charge >= 0.3 is 0 Å². The third-order valence-corrected chi connectivity index (χ3v) is 7.47. The highest BCUT2D eigenvalue weighted by atomic mass is 19.1. The third kappa shape index (κ3) is 3.55. The van der Waals surface area contributed by atoms with Crippen LogP contribution in [0.4, 0.5) is 10.1 Å². The molecule has 2 aromatic heterocycles. The zero-order valence-electron chi connectivity index (χ0n) is 18.2. The molecular weight excluding hydrogens is 401 g/mol. The summed E-state index contributed by atoms with van der Waals surface area (Å²) in [6.45, 7) is 3.88. The van der Waals surface area contributed by atoms with Crippen molar-refractivity contribution in [2.45, 2.75) is 37.6 Å². The summed E-state index contributed by atoms with van der Waals surface area (Å²) in [6.07, 6.45) is 8.66. The predicted octanol–water partition coefficient (Wildman–Crippen LogP) is 5.97. The van der Waals surface area contributed by atoms with E-state index in [-0.39, 0.29) is 5.82 Å². The number of hydrogen-bond donors (Lipinski definition) is 0. The number of anilines is 1. The minimum absolute atomic E-state index is 0.187. The lowest BCUT2D eigenvalue weighted by Gasteiger charge is -2.42. The Hall–Kier alpha value is -2.92. The number of hydrogen-bond acceptors (Lipinski definition) is 4. The first-order valence-electron chi connectivity index (χ1n) is 11.8. The molecule has 6 rings (SSSR count). The number of halogens is 1. The Balaban J connectivity index is 1.10. The summed E-state index contributed by atoms with van der Waals surface area (Å²) in [7, 11) is 0. The fraction of sp³-hybridized carbons (Fsp3) is 0.370. The van der Waals surface area contributed by atoms with Crippen LogP contribution in [-0.4, -0.2) is 42.1 Å². The molecule has 0 bridgehead atoms. The van der Waals surface area contributed by atoms with Crippen LogP contribution in [0.2, 0.25) is 0 Å². The van der Waals surface area contributed by atoms with Crippen molar-refractivity contribution >= 4 is 27.6 Å². The Kier molecular flexibility index (Phi) is 5.07. The van der Waals surface area contributed by atoms with E-state index >= 15 is 0 Å². The summed E-state index contributed by atoms with van der Waals surface area (Å²) in [5, 5.41) is 2.15. The lowest BCUT2D eigenvalue weighted by Crippen LogP contribution is -2.51. The highest BCUT2D eigenvalue weighted by Gasteiger charge is 2.30. The average molecular weight is 430 g/mol. The Morgan fingerprint density at radius 2 is 1.72 bits per heavy atom. The van der Waals surface area contributed by atoms with Crippen LogP contribution in [-0.2, 0) is 0 Å². The summed E-state index contributed by atoms with van der Waals surface area (Å²) < 4.78 is 20.0. The van der Waals surface area contributed by atoms with Crippen molar-refractivity contribution in [3.8, 4) is 0 Å². The van der Waals surface area contributed by atoms with Gasteiger partial charge in [0.15, 0.2) is 0 Å². The number of nitrogens with zero attached hydrogens (tertiary/aromatic N) is 3. The van der Waals surface area contributed by atoms with Crippen molar-refractivity contribution < 1.29 is 8.81 Å². The van der Waals surface area contributed by atoms with Gasteiger partial charge in [-0.25, -0.2) is 4.39 Å². The lowest BCUT2D eigenvalue weighted by atomic mass is 9.81. The maximum atomic E-state index is 14.2. The molecule has 0 spiro atoms. The normalized spacial score (nSPS) is 22.6. The van der Waals surface area contributed by atoms with Crippen LogP contribution in [0.25, 0.3) is 21.9 Å². The van der Waals surface area contributed by atoms with Gasteiger partial charge in [-0.3, -0.25) is 9.88 Å². The van der Waals surface area contributed by atoms with Gasteiger partial charge in [0.25, 0.3) is 0 Å². The molecule has 1 aliphatic carbocycles. The minimum atomic E-state index is -0.187. The largest absolute Gasteiger partial charge is 0.464 e. The maximum absolute atomic E-state index is 14.2. The summed E-state index contributed by atoms with van der Waals surface area (Å²) in [6, 6.07) is 16.0. The van der Waals surface area contributed by atoms with Gasteiger partial charge in [0.2, 0.25) is 0 Å². The SMILES string of the molecule is Fc1cc(N2CCN([C@H]3CC[C@@H](c4coc5ccccc54)CC3)CC2)c2ncccc2c1. The highest BCUT2D eigenvalue weighted by Crippen LogP contribution is 2.39. The van der Waals surface area contributed by atoms with Gasteiger partial charge in [0.05, 0.1) is 17.5 Å². The van der Waals surface area contributed by atoms with Crippen molar-refractivity contribution in [2.24, 2.45) is 0 Å². The first-order chi connectivity index (χ1) is 15.8. The van der Waals surface area contributed by atoms with Gasteiger partial charge in [0, 0.05) is 54.8 Å². The van der Waals surface area contributed by atoms with E-state index in [0.29, 0.717) is 12.0 Å². The second kappa shape index (κ2) is 8.21. The average Bonchev–Trinajstić information content (AvgIpc) is 3.28. The smallest absolute Gasteiger partial charge is 0.134 e. The number of fused-ring (bicyclic) bond motifs is 2. The number of pyridine rings is 1. The van der Waals surface area contributed by atoms with Crippen LogP contribution in [0.1, 0.15) is 37.2 Å². The Morgan fingerprint density at radius 1 is 0.906 bits per heavy atom. The quantitative estimate of drug-likeness (QED) is 0.402. The molecule has 164 valence electrons. The van der Waals surface area contributed by atoms with E-state index in [2.05, 4.69) is 33.0 Å². The number of para-hydroxylation sites is 1. The Labute approximate surface area is 187 Å². The Bertz CT molecular complexity index is 1240. The second-order valence-electron chi connectivity index (χ2n) is 9.22. The first kappa shape index (κ1) is 19.7. The summed E-state index contributed by atoms with van der Waals surface area (Å²) in [5.74, 6) is 0.411. The zero-order valence-corrected chi connectivity index (χ0v) is 18.2. The van der Waals surface area contributed by atoms with Crippen molar-refractivity contribution in [2.75, 3.05) is 31.1 Å². The number of piperazine rings is 1. The van der Waals surface area contributed by atoms with E-state index in [1.54, 1.807) is 18.3 Å². The van der Waals surface area contributed by atoms with Gasteiger partial charge in [-0.05, 0) is 55.9 Å². The van der Waals surface area contributed by atoms with Gasteiger partial charge in [-0.2, -0.15) is 0 Å². The molecule has 0 N–H and O–H groups in total. The minimum Gasteiger partial charge on any atom is -0.464 e. The molecule has 0 unspecified atom stereocenters. The molecule has 32 heavy (non-hydrogen) atoms. The number of aromatic nitrogens is 1. The standard InChI is InChI=1S/C27H28FN3O/c28-21-16-20-4-3-11-29-27(20)25(17-21)31-14-12-30(13-15-31)22-9-7-19(8-10-22)24-18-32-26-6-2-1-5-23(24)26/h1-6,11,16-19,22H,7-10,12-15H2/t19-,22+. The van der Waals surface area contributed by atoms with E-state index in [9.17, 15) is 4.39 Å². The molecule has 4 aromatic rings. The van der Waals surface area contributed by atoms with Gasteiger partial charge in [0.1, 0.15) is 11.4 Å². The summed E-state index contributed by atoms with van der Waals surface area (Å²) >= 11 is 0. The molecule has 5 heteroatoms. The van der Waals surface area contributed by atoms with Crippen LogP contribution >= 0.6 is 0 Å². The Morgan fingerprint density at radius 3 is 2.56 bits per heavy atom. The molecule has 2 aliphatic rings. The molecule has 1 saturated carbocycles. The lowest BCUT2D eigenvalue weighted by molar-refractivity contribution is 0.141. The topological polar surface area (TPSA) is 32.5 Å². The van der Waals surface area contributed by atoms with E-state index < -0.39 is 0 Å². The zero-order chi connectivity index (χ0) is 21.5. The number of benzene rings is 2. The predicted molar refractivity (Wildman–Crippen MR) is 127 cm³/mol. The fourth-order valence-corrected chi connectivity index (χ4v) is 5.77. The van der Waals surface area contributed by atoms with E-state index in [0.717, 1.165) is 48.4 Å². The van der Waals surface area contributed by atoms with Gasteiger partial charge < -0.3 is 9.32 Å². The second-order valence-corrected chi connectivity index (χ2v) is 9.22. The van der Waals surface area contributed by atoms with Crippen molar-refractivity contribution in [3.05, 3.63) is 72.4 Å². The molecule has 0 atom stereocenters. The van der Waals surface area contributed by atoms with Crippen LogP contribution in [0.3, 0.4) is 0 Å². The van der Waals surface area contributed by atoms with Gasteiger partial charge in [-0.15, -0.1) is 0 Å². The molecule has 2 aromatic carbocycles. The van der Waals surface area contributed by atoms with E-state index in [1.807, 2.05) is 24.5 Å². The van der Waals surface area contributed by atoms with Crippen LogP contribution < -0.4 is 4.90 Å². The van der Waals surface area contributed by atoms with Crippen LogP contribution in [0.15, 0.2) is 65.4 Å². The van der Waals surface area contributed by atoms with E-state index in [1.165, 1.54) is 36.6 Å². The highest BCUT2D eigenvalue weighted by molar-refractivity contribution is 5.90. The third-order valence-electron chi connectivity index (χ3n) is 7.47. The van der Waals surface area contributed by atoms with Gasteiger partial charge in [-0.1, -0.05) is 24.3 Å². The fourth-order valence-electron chi connectivity index (χ4n) is 5.77. The molecule has 0 amide bonds. The molecule has 1 aliphatic heterocycles. The maximum Gasteiger partial charge on any atom is 0.134 e. The van der Waals surface area contributed by atoms with Crippen molar-refractivity contribution in [3.63, 3.8) is 0 Å². The molecule has 2 fully saturated rings. The van der Waals surface area contributed by atoms with E-state index in [4.69, 9.17) is 4.42 Å². The molecule has 1 saturated heterocycles. The molecule has 3 heterocycles. The van der Waals surface area contributed by atoms with Crippen LogP contribution in [0.5, 0.6) is 0 Å². The summed E-state index contributed by atoms with van der Waals surface area (Å²) in [4.78, 5) is 9.48. The number of furan rings is 1. The van der Waals surface area contributed by atoms with Crippen LogP contribution in [0, 0.1) is 5.82 Å². The monoisotopic (exact) mass is 429 g/mol. The molecule has 0 radical (unpaired) electrons. The molecular formula is C27H28FN3O. The molecule has 4 nitrogen and oxygen atoms in total. The van der Waals surface area contributed by atoms with Crippen molar-refractivity contribution in [1.29, 1.82) is 0 Å².